The van der Waals surface area contributed by atoms with Gasteiger partial charge in [0.1, 0.15) is 5.54 Å². The first kappa shape index (κ1) is 13.5. The Labute approximate surface area is 114 Å². The molecule has 0 aromatic heterocycles. The van der Waals surface area contributed by atoms with Crippen LogP contribution in [0.1, 0.15) is 18.4 Å². The molecule has 0 atom stereocenters. The minimum Gasteiger partial charge on any atom is -0.368 e. The maximum atomic E-state index is 12.2. The number of carbonyl (C=O) groups excluding carboxylic acids is 1. The minimum absolute atomic E-state index is 0.157. The predicted molar refractivity (Wildman–Crippen MR) is 70.4 cm³/mol. The summed E-state index contributed by atoms with van der Waals surface area (Å²) in [5.74, 6) is -0.626. The third-order valence-electron chi connectivity index (χ3n) is 3.06. The highest BCUT2D eigenvalue weighted by Gasteiger charge is 2.51. The van der Waals surface area contributed by atoms with Crippen LogP contribution in [0.4, 0.5) is 0 Å². The molecule has 0 saturated heterocycles. The molecule has 1 amide bonds. The molecule has 1 aromatic rings. The average molecular weight is 333 g/mol. The van der Waals surface area contributed by atoms with Crippen molar-refractivity contribution in [2.75, 3.05) is 0 Å². The standard InChI is InChI=1S/C11H13BrN2O3S/c1-7-8(12)3-2-4-9(7)18(16,17)14-11(5-6-11)10(13)15/h2-4,14H,5-6H2,1H3,(H2,13,15). The fraction of sp³-hybridized carbons (Fsp3) is 0.364. The first-order valence-corrected chi connectivity index (χ1v) is 7.65. The Hall–Kier alpha value is -0.920. The van der Waals surface area contributed by atoms with Crippen LogP contribution in [-0.4, -0.2) is 19.9 Å². The van der Waals surface area contributed by atoms with Gasteiger partial charge in [-0.05, 0) is 37.5 Å². The topological polar surface area (TPSA) is 89.3 Å². The molecule has 5 nitrogen and oxygen atoms in total. The molecule has 7 heteroatoms. The Bertz CT molecular complexity index is 609. The van der Waals surface area contributed by atoms with Gasteiger partial charge in [0, 0.05) is 4.47 Å². The number of rotatable bonds is 4. The van der Waals surface area contributed by atoms with Gasteiger partial charge in [0.2, 0.25) is 15.9 Å². The van der Waals surface area contributed by atoms with E-state index < -0.39 is 21.5 Å². The van der Waals surface area contributed by atoms with Crippen molar-refractivity contribution >= 4 is 31.9 Å². The number of primary amides is 1. The van der Waals surface area contributed by atoms with Crippen molar-refractivity contribution in [3.05, 3.63) is 28.2 Å². The van der Waals surface area contributed by atoms with Gasteiger partial charge in [0.05, 0.1) is 4.90 Å². The van der Waals surface area contributed by atoms with Crippen molar-refractivity contribution < 1.29 is 13.2 Å². The van der Waals surface area contributed by atoms with Crippen LogP contribution in [0.2, 0.25) is 0 Å². The van der Waals surface area contributed by atoms with Crippen LogP contribution < -0.4 is 10.5 Å². The summed E-state index contributed by atoms with van der Waals surface area (Å²) >= 11 is 3.28. The van der Waals surface area contributed by atoms with E-state index in [0.717, 1.165) is 0 Å². The lowest BCUT2D eigenvalue weighted by atomic mass is 10.2. The van der Waals surface area contributed by atoms with Crippen LogP contribution >= 0.6 is 15.9 Å². The number of benzene rings is 1. The van der Waals surface area contributed by atoms with Gasteiger partial charge in [-0.15, -0.1) is 0 Å². The summed E-state index contributed by atoms with van der Waals surface area (Å²) in [6.07, 6.45) is 0.906. The molecule has 1 aliphatic carbocycles. The zero-order valence-corrected chi connectivity index (χ0v) is 12.1. The molecular formula is C11H13BrN2O3S. The molecule has 0 bridgehead atoms. The number of hydrogen-bond donors (Lipinski definition) is 2. The summed E-state index contributed by atoms with van der Waals surface area (Å²) in [6, 6.07) is 4.89. The molecule has 1 aliphatic rings. The molecule has 0 unspecified atom stereocenters. The number of nitrogens with two attached hydrogens (primary N) is 1. The zero-order valence-electron chi connectivity index (χ0n) is 9.73. The molecule has 0 spiro atoms. The third kappa shape index (κ3) is 2.30. The van der Waals surface area contributed by atoms with Crippen LogP contribution in [0, 0.1) is 6.92 Å². The van der Waals surface area contributed by atoms with Crippen molar-refractivity contribution in [2.45, 2.75) is 30.2 Å². The maximum absolute atomic E-state index is 12.2. The van der Waals surface area contributed by atoms with Crippen LogP contribution in [0.3, 0.4) is 0 Å². The second-order valence-electron chi connectivity index (χ2n) is 4.41. The highest BCUT2D eigenvalue weighted by molar-refractivity contribution is 9.10. The predicted octanol–water partition coefficient (Wildman–Crippen LogP) is 1.05. The van der Waals surface area contributed by atoms with Gasteiger partial charge in [-0.3, -0.25) is 4.79 Å². The quantitative estimate of drug-likeness (QED) is 0.863. The van der Waals surface area contributed by atoms with Gasteiger partial charge in [-0.2, -0.15) is 4.72 Å². The molecular weight excluding hydrogens is 320 g/mol. The molecule has 2 rings (SSSR count). The van der Waals surface area contributed by atoms with Gasteiger partial charge in [-0.25, -0.2) is 8.42 Å². The second kappa shape index (κ2) is 4.32. The van der Waals surface area contributed by atoms with E-state index in [2.05, 4.69) is 20.7 Å². The first-order valence-electron chi connectivity index (χ1n) is 5.37. The fourth-order valence-electron chi connectivity index (χ4n) is 1.71. The van der Waals surface area contributed by atoms with Gasteiger partial charge >= 0.3 is 0 Å². The summed E-state index contributed by atoms with van der Waals surface area (Å²) in [4.78, 5) is 11.4. The number of hydrogen-bond acceptors (Lipinski definition) is 3. The van der Waals surface area contributed by atoms with Crippen molar-refractivity contribution in [3.8, 4) is 0 Å². The van der Waals surface area contributed by atoms with Crippen molar-refractivity contribution in [1.29, 1.82) is 0 Å². The average Bonchev–Trinajstić information content (AvgIpc) is 3.02. The molecule has 18 heavy (non-hydrogen) atoms. The summed E-state index contributed by atoms with van der Waals surface area (Å²) in [5.41, 5.74) is 4.72. The number of halogens is 1. The molecule has 1 fully saturated rings. The maximum Gasteiger partial charge on any atom is 0.241 e. The van der Waals surface area contributed by atoms with Gasteiger partial charge < -0.3 is 5.73 Å². The van der Waals surface area contributed by atoms with Crippen LogP contribution in [-0.2, 0) is 14.8 Å². The molecule has 1 saturated carbocycles. The van der Waals surface area contributed by atoms with E-state index >= 15 is 0 Å². The van der Waals surface area contributed by atoms with Crippen LogP contribution in [0.25, 0.3) is 0 Å². The Kier molecular flexibility index (Phi) is 3.25. The van der Waals surface area contributed by atoms with E-state index in [1.807, 2.05) is 0 Å². The molecule has 98 valence electrons. The van der Waals surface area contributed by atoms with Gasteiger partial charge in [0.25, 0.3) is 0 Å². The lowest BCUT2D eigenvalue weighted by Crippen LogP contribution is -2.46. The first-order chi connectivity index (χ1) is 8.28. The van der Waals surface area contributed by atoms with Crippen LogP contribution in [0.5, 0.6) is 0 Å². The monoisotopic (exact) mass is 332 g/mol. The third-order valence-corrected chi connectivity index (χ3v) is 5.60. The summed E-state index contributed by atoms with van der Waals surface area (Å²) in [6.45, 7) is 1.70. The summed E-state index contributed by atoms with van der Waals surface area (Å²) < 4.78 is 27.6. The second-order valence-corrected chi connectivity index (χ2v) is 6.92. The molecule has 3 N–H and O–H groups in total. The number of carbonyl (C=O) groups is 1. The summed E-state index contributed by atoms with van der Waals surface area (Å²) in [5, 5.41) is 0. The zero-order chi connectivity index (χ0) is 13.6. The Morgan fingerprint density at radius 3 is 2.56 bits per heavy atom. The van der Waals surface area contributed by atoms with Crippen molar-refractivity contribution in [1.82, 2.24) is 4.72 Å². The molecule has 0 radical (unpaired) electrons. The van der Waals surface area contributed by atoms with E-state index in [1.165, 1.54) is 6.07 Å². The Balaban J connectivity index is 2.38. The molecule has 0 heterocycles. The lowest BCUT2D eigenvalue weighted by molar-refractivity contribution is -0.120. The molecule has 0 aliphatic heterocycles. The largest absolute Gasteiger partial charge is 0.368 e. The van der Waals surface area contributed by atoms with E-state index in [4.69, 9.17) is 5.73 Å². The van der Waals surface area contributed by atoms with Gasteiger partial charge in [0.15, 0.2) is 0 Å². The smallest absolute Gasteiger partial charge is 0.241 e. The van der Waals surface area contributed by atoms with E-state index in [0.29, 0.717) is 22.9 Å². The fourth-order valence-corrected chi connectivity index (χ4v) is 3.91. The van der Waals surface area contributed by atoms with Crippen molar-refractivity contribution in [3.63, 3.8) is 0 Å². The number of amides is 1. The number of sulfonamides is 1. The normalized spacial score (nSPS) is 17.4. The van der Waals surface area contributed by atoms with Crippen molar-refractivity contribution in [2.24, 2.45) is 5.73 Å². The van der Waals surface area contributed by atoms with E-state index in [9.17, 15) is 13.2 Å². The summed E-state index contributed by atoms with van der Waals surface area (Å²) in [7, 11) is -3.73. The van der Waals surface area contributed by atoms with Crippen LogP contribution in [0.15, 0.2) is 27.6 Å². The highest BCUT2D eigenvalue weighted by atomic mass is 79.9. The number of nitrogens with one attached hydrogen (secondary N) is 1. The Morgan fingerprint density at radius 1 is 1.44 bits per heavy atom. The Morgan fingerprint density at radius 2 is 2.06 bits per heavy atom. The van der Waals surface area contributed by atoms with E-state index in [1.54, 1.807) is 19.1 Å². The minimum atomic E-state index is -3.73. The van der Waals surface area contributed by atoms with Gasteiger partial charge in [-0.1, -0.05) is 22.0 Å². The van der Waals surface area contributed by atoms with E-state index in [-0.39, 0.29) is 4.90 Å². The SMILES string of the molecule is Cc1c(Br)cccc1S(=O)(=O)NC1(C(N)=O)CC1. The lowest BCUT2D eigenvalue weighted by Gasteiger charge is -2.15. The highest BCUT2D eigenvalue weighted by Crippen LogP contribution is 2.37. The molecule has 1 aromatic carbocycles.